The number of carbonyl (C=O) groups is 1. The molecule has 1 aromatic rings. The van der Waals surface area contributed by atoms with Crippen LogP contribution in [0.1, 0.15) is 10.4 Å². The molecule has 4 nitrogen and oxygen atoms in total. The molecule has 0 aromatic heterocycles. The summed E-state index contributed by atoms with van der Waals surface area (Å²) in [5.74, 6) is 0.266. The van der Waals surface area contributed by atoms with E-state index in [0.717, 1.165) is 0 Å². The van der Waals surface area contributed by atoms with E-state index in [9.17, 15) is 4.79 Å². The van der Waals surface area contributed by atoms with Gasteiger partial charge in [0.15, 0.2) is 0 Å². The normalized spacial score (nSPS) is 9.73. The molecular formula is C11H14O4. The lowest BCUT2D eigenvalue weighted by atomic mass is 10.2. The number of ether oxygens (including phenoxy) is 3. The van der Waals surface area contributed by atoms with Crippen molar-refractivity contribution in [3.8, 4) is 5.75 Å². The molecule has 0 amide bonds. The van der Waals surface area contributed by atoms with Gasteiger partial charge in [-0.15, -0.1) is 0 Å². The van der Waals surface area contributed by atoms with Gasteiger partial charge in [-0.3, -0.25) is 0 Å². The molecular weight excluding hydrogens is 196 g/mol. The van der Waals surface area contributed by atoms with Crippen molar-refractivity contribution in [3.63, 3.8) is 0 Å². The molecule has 4 heteroatoms. The molecule has 0 radical (unpaired) electrons. The Kier molecular flexibility index (Phi) is 4.63. The molecule has 0 spiro atoms. The van der Waals surface area contributed by atoms with Crippen LogP contribution >= 0.6 is 0 Å². The maximum atomic E-state index is 11.2. The van der Waals surface area contributed by atoms with Crippen LogP contribution in [-0.2, 0) is 9.47 Å². The summed E-state index contributed by atoms with van der Waals surface area (Å²) in [6.45, 7) is 0.976. The van der Waals surface area contributed by atoms with E-state index in [4.69, 9.17) is 9.47 Å². The first kappa shape index (κ1) is 11.5. The van der Waals surface area contributed by atoms with Crippen LogP contribution in [0.2, 0.25) is 0 Å². The number of rotatable bonds is 5. The molecule has 0 fully saturated rings. The van der Waals surface area contributed by atoms with E-state index in [0.29, 0.717) is 24.5 Å². The third-order valence-corrected chi connectivity index (χ3v) is 1.81. The monoisotopic (exact) mass is 210 g/mol. The molecule has 0 unspecified atom stereocenters. The number of methoxy groups -OCH3 is 2. The molecule has 0 atom stereocenters. The second-order valence-corrected chi connectivity index (χ2v) is 2.86. The summed E-state index contributed by atoms with van der Waals surface area (Å²) in [5, 5.41) is 0. The number of benzene rings is 1. The highest BCUT2D eigenvalue weighted by atomic mass is 16.5. The summed E-state index contributed by atoms with van der Waals surface area (Å²) in [5.41, 5.74) is 0.479. The molecule has 0 aliphatic carbocycles. The SMILES string of the molecule is COCCOc1cccc(C(=O)OC)c1. The Morgan fingerprint density at radius 3 is 2.73 bits per heavy atom. The van der Waals surface area contributed by atoms with Crippen molar-refractivity contribution < 1.29 is 19.0 Å². The van der Waals surface area contributed by atoms with Gasteiger partial charge in [0, 0.05) is 7.11 Å². The van der Waals surface area contributed by atoms with Gasteiger partial charge >= 0.3 is 5.97 Å². The molecule has 0 heterocycles. The van der Waals surface area contributed by atoms with E-state index in [1.54, 1.807) is 31.4 Å². The topological polar surface area (TPSA) is 44.8 Å². The van der Waals surface area contributed by atoms with Gasteiger partial charge in [-0.2, -0.15) is 0 Å². The van der Waals surface area contributed by atoms with Crippen molar-refractivity contribution >= 4 is 5.97 Å². The van der Waals surface area contributed by atoms with Gasteiger partial charge < -0.3 is 14.2 Å². The molecule has 0 aliphatic heterocycles. The van der Waals surface area contributed by atoms with E-state index in [2.05, 4.69) is 4.74 Å². The summed E-state index contributed by atoms with van der Waals surface area (Å²) in [4.78, 5) is 11.2. The number of hydrogen-bond donors (Lipinski definition) is 0. The smallest absolute Gasteiger partial charge is 0.337 e. The fraction of sp³-hybridized carbons (Fsp3) is 0.364. The molecule has 1 rings (SSSR count). The Labute approximate surface area is 88.8 Å². The van der Waals surface area contributed by atoms with Gasteiger partial charge in [-0.25, -0.2) is 4.79 Å². The summed E-state index contributed by atoms with van der Waals surface area (Å²) < 4.78 is 14.8. The van der Waals surface area contributed by atoms with Gasteiger partial charge in [0.2, 0.25) is 0 Å². The summed E-state index contributed by atoms with van der Waals surface area (Å²) in [6, 6.07) is 6.84. The van der Waals surface area contributed by atoms with Crippen LogP contribution < -0.4 is 4.74 Å². The first-order valence-electron chi connectivity index (χ1n) is 4.58. The Morgan fingerprint density at radius 2 is 2.07 bits per heavy atom. The van der Waals surface area contributed by atoms with E-state index >= 15 is 0 Å². The Hall–Kier alpha value is -1.55. The minimum Gasteiger partial charge on any atom is -0.491 e. The highest BCUT2D eigenvalue weighted by Crippen LogP contribution is 2.13. The van der Waals surface area contributed by atoms with Crippen LogP contribution in [0.15, 0.2) is 24.3 Å². The number of esters is 1. The van der Waals surface area contributed by atoms with Gasteiger partial charge in [-0.1, -0.05) is 6.07 Å². The van der Waals surface area contributed by atoms with E-state index in [-0.39, 0.29) is 5.97 Å². The zero-order chi connectivity index (χ0) is 11.1. The lowest BCUT2D eigenvalue weighted by molar-refractivity contribution is 0.0600. The molecule has 0 bridgehead atoms. The molecule has 1 aromatic carbocycles. The average molecular weight is 210 g/mol. The quantitative estimate of drug-likeness (QED) is 0.545. The number of carbonyl (C=O) groups excluding carboxylic acids is 1. The van der Waals surface area contributed by atoms with Crippen LogP contribution in [0, 0.1) is 0 Å². The van der Waals surface area contributed by atoms with Crippen molar-refractivity contribution in [2.75, 3.05) is 27.4 Å². The third kappa shape index (κ3) is 3.59. The standard InChI is InChI=1S/C11H14O4/c1-13-6-7-15-10-5-3-4-9(8-10)11(12)14-2/h3-5,8H,6-7H2,1-2H3. The second kappa shape index (κ2) is 6.03. The Bertz CT molecular complexity index is 322. The predicted octanol–water partition coefficient (Wildman–Crippen LogP) is 1.50. The third-order valence-electron chi connectivity index (χ3n) is 1.81. The van der Waals surface area contributed by atoms with Gasteiger partial charge in [0.05, 0.1) is 19.3 Å². The van der Waals surface area contributed by atoms with Crippen molar-refractivity contribution in [3.05, 3.63) is 29.8 Å². The number of hydrogen-bond acceptors (Lipinski definition) is 4. The summed E-state index contributed by atoms with van der Waals surface area (Å²) in [7, 11) is 2.95. The zero-order valence-corrected chi connectivity index (χ0v) is 8.86. The van der Waals surface area contributed by atoms with E-state index < -0.39 is 0 Å². The molecule has 0 aliphatic rings. The van der Waals surface area contributed by atoms with Crippen LogP contribution in [0.5, 0.6) is 5.75 Å². The molecule has 15 heavy (non-hydrogen) atoms. The van der Waals surface area contributed by atoms with Crippen molar-refractivity contribution in [2.45, 2.75) is 0 Å². The summed E-state index contributed by atoms with van der Waals surface area (Å²) in [6.07, 6.45) is 0. The molecule has 0 N–H and O–H groups in total. The Morgan fingerprint density at radius 1 is 1.27 bits per heavy atom. The maximum Gasteiger partial charge on any atom is 0.337 e. The lowest BCUT2D eigenvalue weighted by Gasteiger charge is -2.06. The largest absolute Gasteiger partial charge is 0.491 e. The minimum atomic E-state index is -0.368. The van der Waals surface area contributed by atoms with Crippen molar-refractivity contribution in [1.82, 2.24) is 0 Å². The highest BCUT2D eigenvalue weighted by Gasteiger charge is 2.05. The second-order valence-electron chi connectivity index (χ2n) is 2.86. The van der Waals surface area contributed by atoms with Crippen LogP contribution in [-0.4, -0.2) is 33.4 Å². The Balaban J connectivity index is 2.62. The van der Waals surface area contributed by atoms with Crippen molar-refractivity contribution in [2.24, 2.45) is 0 Å². The van der Waals surface area contributed by atoms with Crippen molar-refractivity contribution in [1.29, 1.82) is 0 Å². The summed E-state index contributed by atoms with van der Waals surface area (Å²) >= 11 is 0. The first-order valence-corrected chi connectivity index (χ1v) is 4.58. The van der Waals surface area contributed by atoms with Gasteiger partial charge in [0.1, 0.15) is 12.4 Å². The van der Waals surface area contributed by atoms with Gasteiger partial charge in [0.25, 0.3) is 0 Å². The van der Waals surface area contributed by atoms with E-state index in [1.807, 2.05) is 0 Å². The zero-order valence-electron chi connectivity index (χ0n) is 8.86. The lowest BCUT2D eigenvalue weighted by Crippen LogP contribution is -2.05. The highest BCUT2D eigenvalue weighted by molar-refractivity contribution is 5.89. The van der Waals surface area contributed by atoms with Crippen LogP contribution in [0.3, 0.4) is 0 Å². The molecule has 0 saturated carbocycles. The predicted molar refractivity (Wildman–Crippen MR) is 55.2 cm³/mol. The van der Waals surface area contributed by atoms with E-state index in [1.165, 1.54) is 7.11 Å². The fourth-order valence-corrected chi connectivity index (χ4v) is 1.07. The molecule has 82 valence electrons. The average Bonchev–Trinajstić information content (AvgIpc) is 2.29. The van der Waals surface area contributed by atoms with Crippen LogP contribution in [0.25, 0.3) is 0 Å². The molecule has 0 saturated heterocycles. The maximum absolute atomic E-state index is 11.2. The van der Waals surface area contributed by atoms with Crippen LogP contribution in [0.4, 0.5) is 0 Å². The minimum absolute atomic E-state index is 0.368. The first-order chi connectivity index (χ1) is 7.27. The van der Waals surface area contributed by atoms with Gasteiger partial charge in [-0.05, 0) is 18.2 Å². The fourth-order valence-electron chi connectivity index (χ4n) is 1.07.